The summed E-state index contributed by atoms with van der Waals surface area (Å²) in [5.41, 5.74) is 1.83. The summed E-state index contributed by atoms with van der Waals surface area (Å²) in [6.45, 7) is 9.15. The predicted octanol–water partition coefficient (Wildman–Crippen LogP) is 4.11. The second-order valence-electron chi connectivity index (χ2n) is 5.47. The Hall–Kier alpha value is -0.823. The molecule has 0 N–H and O–H groups in total. The molecule has 0 amide bonds. The van der Waals surface area contributed by atoms with Crippen LogP contribution in [-0.4, -0.2) is 25.0 Å². The maximum Gasteiger partial charge on any atom is 0.338 e. The molecule has 3 nitrogen and oxygen atoms in total. The van der Waals surface area contributed by atoms with Crippen molar-refractivity contribution in [3.63, 3.8) is 0 Å². The van der Waals surface area contributed by atoms with E-state index in [4.69, 9.17) is 4.74 Å². The maximum atomic E-state index is 11.8. The summed E-state index contributed by atoms with van der Waals surface area (Å²) >= 11 is 2.33. The van der Waals surface area contributed by atoms with Gasteiger partial charge >= 0.3 is 5.97 Å². The second-order valence-corrected chi connectivity index (χ2v) is 11.5. The number of rotatable bonds is 3. The molecule has 19 heavy (non-hydrogen) atoms. The van der Waals surface area contributed by atoms with Gasteiger partial charge in [0.05, 0.1) is 12.2 Å². The lowest BCUT2D eigenvalue weighted by Crippen LogP contribution is -2.31. The van der Waals surface area contributed by atoms with E-state index in [9.17, 15) is 4.79 Å². The van der Waals surface area contributed by atoms with Gasteiger partial charge in [0.25, 0.3) is 0 Å². The number of benzene rings is 1. The highest BCUT2D eigenvalue weighted by Crippen LogP contribution is 2.27. The van der Waals surface area contributed by atoms with Crippen molar-refractivity contribution in [2.45, 2.75) is 26.6 Å². The number of aromatic nitrogens is 1. The molecule has 102 valence electrons. The number of carbonyl (C=O) groups excluding carboxylic acids is 1. The molecule has 1 aromatic carbocycles. The van der Waals surface area contributed by atoms with Crippen LogP contribution in [0.2, 0.25) is 19.6 Å². The third-order valence-electron chi connectivity index (χ3n) is 2.99. The number of halogens is 1. The fourth-order valence-electron chi connectivity index (χ4n) is 2.09. The summed E-state index contributed by atoms with van der Waals surface area (Å²) < 4.78 is 8.61. The molecule has 0 radical (unpaired) electrons. The van der Waals surface area contributed by atoms with E-state index < -0.39 is 8.24 Å². The Morgan fingerprint density at radius 2 is 2.05 bits per heavy atom. The molecular weight excluding hydrogens is 369 g/mol. The van der Waals surface area contributed by atoms with E-state index in [0.29, 0.717) is 12.2 Å². The Bertz CT molecular complexity index is 628. The molecule has 0 unspecified atom stereocenters. The van der Waals surface area contributed by atoms with Crippen molar-refractivity contribution in [1.82, 2.24) is 4.23 Å². The highest BCUT2D eigenvalue weighted by atomic mass is 127. The number of fused-ring (bicyclic) bond motifs is 1. The van der Waals surface area contributed by atoms with Gasteiger partial charge < -0.3 is 8.97 Å². The van der Waals surface area contributed by atoms with Gasteiger partial charge in [0.15, 0.2) is 8.24 Å². The highest BCUT2D eigenvalue weighted by molar-refractivity contribution is 14.1. The monoisotopic (exact) mass is 387 g/mol. The molecule has 5 heteroatoms. The van der Waals surface area contributed by atoms with Crippen LogP contribution in [0.5, 0.6) is 0 Å². The largest absolute Gasteiger partial charge is 0.462 e. The molecule has 0 atom stereocenters. The Morgan fingerprint density at radius 1 is 1.37 bits per heavy atom. The third kappa shape index (κ3) is 2.86. The van der Waals surface area contributed by atoms with Crippen LogP contribution in [0.15, 0.2) is 24.4 Å². The molecule has 0 aliphatic heterocycles. The van der Waals surface area contributed by atoms with Gasteiger partial charge in [-0.1, -0.05) is 19.6 Å². The Labute approximate surface area is 128 Å². The summed E-state index contributed by atoms with van der Waals surface area (Å²) in [6, 6.07) is 5.82. The van der Waals surface area contributed by atoms with Crippen molar-refractivity contribution in [2.24, 2.45) is 0 Å². The molecule has 0 saturated heterocycles. The van der Waals surface area contributed by atoms with Gasteiger partial charge in [-0.05, 0) is 47.7 Å². The van der Waals surface area contributed by atoms with Gasteiger partial charge in [0, 0.05) is 20.7 Å². The maximum absolute atomic E-state index is 11.8. The minimum Gasteiger partial charge on any atom is -0.462 e. The van der Waals surface area contributed by atoms with Gasteiger partial charge in [-0.15, -0.1) is 0 Å². The van der Waals surface area contributed by atoms with Crippen molar-refractivity contribution in [3.8, 4) is 0 Å². The van der Waals surface area contributed by atoms with Gasteiger partial charge in [-0.2, -0.15) is 0 Å². The molecule has 0 saturated carbocycles. The summed E-state index contributed by atoms with van der Waals surface area (Å²) in [7, 11) is -1.44. The van der Waals surface area contributed by atoms with E-state index in [1.54, 1.807) is 0 Å². The molecule has 1 aromatic heterocycles. The summed E-state index contributed by atoms with van der Waals surface area (Å²) in [5, 5.41) is 1.13. The van der Waals surface area contributed by atoms with Gasteiger partial charge in [0.1, 0.15) is 0 Å². The average molecular weight is 387 g/mol. The first kappa shape index (κ1) is 14.6. The molecule has 2 rings (SSSR count). The quantitative estimate of drug-likeness (QED) is 0.451. The molecule has 0 aliphatic carbocycles. The van der Waals surface area contributed by atoms with E-state index in [2.05, 4.69) is 52.7 Å². The lowest BCUT2D eigenvalue weighted by molar-refractivity contribution is 0.0526. The molecule has 0 bridgehead atoms. The minimum atomic E-state index is -1.44. The number of hydrogen-bond acceptors (Lipinski definition) is 2. The van der Waals surface area contributed by atoms with Gasteiger partial charge in [0.2, 0.25) is 0 Å². The Balaban J connectivity index is 2.57. The normalized spacial score (nSPS) is 11.8. The molecular formula is C14H18INO2Si. The van der Waals surface area contributed by atoms with Crippen molar-refractivity contribution in [2.75, 3.05) is 6.61 Å². The third-order valence-corrected chi connectivity index (χ3v) is 5.66. The van der Waals surface area contributed by atoms with Crippen LogP contribution < -0.4 is 0 Å². The van der Waals surface area contributed by atoms with Crippen LogP contribution in [-0.2, 0) is 4.74 Å². The lowest BCUT2D eigenvalue weighted by atomic mass is 10.1. The molecule has 2 aromatic rings. The van der Waals surface area contributed by atoms with Crippen molar-refractivity contribution in [3.05, 3.63) is 33.5 Å². The number of hydrogen-bond donors (Lipinski definition) is 0. The SMILES string of the molecule is CCOC(=O)c1ccc2c(c1)c(I)cn2[Si](C)(C)C. The fourth-order valence-corrected chi connectivity index (χ4v) is 4.49. The number of ether oxygens (including phenoxy) is 1. The van der Waals surface area contributed by atoms with E-state index in [1.165, 1.54) is 9.09 Å². The zero-order chi connectivity index (χ0) is 14.2. The molecule has 0 spiro atoms. The standard InChI is InChI=1S/C14H18INO2Si/c1-5-18-14(17)10-6-7-13-11(8-10)12(15)9-16(13)19(2,3)4/h6-9H,5H2,1-4H3. The van der Waals surface area contributed by atoms with E-state index in [-0.39, 0.29) is 5.97 Å². The summed E-state index contributed by atoms with van der Waals surface area (Å²) in [6.07, 6.45) is 2.19. The van der Waals surface area contributed by atoms with E-state index in [1.807, 2.05) is 25.1 Å². The van der Waals surface area contributed by atoms with Crippen molar-refractivity contribution < 1.29 is 9.53 Å². The van der Waals surface area contributed by atoms with Gasteiger partial charge in [-0.3, -0.25) is 0 Å². The van der Waals surface area contributed by atoms with Gasteiger partial charge in [-0.25, -0.2) is 4.79 Å². The van der Waals surface area contributed by atoms with Crippen LogP contribution >= 0.6 is 22.6 Å². The highest BCUT2D eigenvalue weighted by Gasteiger charge is 2.20. The van der Waals surface area contributed by atoms with E-state index in [0.717, 1.165) is 5.39 Å². The topological polar surface area (TPSA) is 31.2 Å². The van der Waals surface area contributed by atoms with Crippen LogP contribution in [0.25, 0.3) is 10.9 Å². The molecule has 0 fully saturated rings. The zero-order valence-corrected chi connectivity index (χ0v) is 14.8. The number of nitrogens with zero attached hydrogens (tertiary/aromatic N) is 1. The lowest BCUT2D eigenvalue weighted by Gasteiger charge is -2.20. The van der Waals surface area contributed by atoms with Crippen LogP contribution in [0.3, 0.4) is 0 Å². The molecule has 1 heterocycles. The first-order valence-corrected chi connectivity index (χ1v) is 10.9. The van der Waals surface area contributed by atoms with E-state index >= 15 is 0 Å². The average Bonchev–Trinajstić information content (AvgIpc) is 2.66. The van der Waals surface area contributed by atoms with Crippen LogP contribution in [0, 0.1) is 3.57 Å². The fraction of sp³-hybridized carbons (Fsp3) is 0.357. The van der Waals surface area contributed by atoms with Crippen LogP contribution in [0.4, 0.5) is 0 Å². The van der Waals surface area contributed by atoms with Crippen LogP contribution in [0.1, 0.15) is 17.3 Å². The smallest absolute Gasteiger partial charge is 0.338 e. The predicted molar refractivity (Wildman–Crippen MR) is 89.4 cm³/mol. The Morgan fingerprint density at radius 3 is 2.63 bits per heavy atom. The van der Waals surface area contributed by atoms with Crippen molar-refractivity contribution >= 4 is 47.7 Å². The second kappa shape index (κ2) is 5.28. The first-order chi connectivity index (χ1) is 8.84. The Kier molecular flexibility index (Phi) is 4.05. The first-order valence-electron chi connectivity index (χ1n) is 6.33. The zero-order valence-electron chi connectivity index (χ0n) is 11.7. The molecule has 0 aliphatic rings. The number of esters is 1. The minimum absolute atomic E-state index is 0.249. The number of carbonyl (C=O) groups is 1. The summed E-state index contributed by atoms with van der Waals surface area (Å²) in [4.78, 5) is 11.8. The van der Waals surface area contributed by atoms with Crippen molar-refractivity contribution in [1.29, 1.82) is 0 Å². The summed E-state index contributed by atoms with van der Waals surface area (Å²) in [5.74, 6) is -0.249.